The maximum Gasteiger partial charge on any atom is 0.224 e. The number of nitrogens with zero attached hydrogens (tertiary/aromatic N) is 2. The van der Waals surface area contributed by atoms with Crippen molar-refractivity contribution in [2.24, 2.45) is 0 Å². The number of carbonyl (C=O) groups excluding carboxylic acids is 1. The van der Waals surface area contributed by atoms with Crippen LogP contribution >= 0.6 is 34.8 Å². The standard InChI is InChI=1S/C29H36Cl3N3O/c1-5-6-7-11-22(23-12-8-9-13-24(23)29(30,31)32)19-27(36)34-26-18-21(20-35-17-10-16-33-35)14-15-25(26)28(2,3)4/h8-10,12-18,22H,5-7,11,19-20H2,1-4H3,(H,34,36). The first-order valence-electron chi connectivity index (χ1n) is 12.6. The summed E-state index contributed by atoms with van der Waals surface area (Å²) in [6, 6.07) is 15.8. The molecular formula is C29H36Cl3N3O. The van der Waals surface area contributed by atoms with Crippen molar-refractivity contribution < 1.29 is 4.79 Å². The van der Waals surface area contributed by atoms with Crippen LogP contribution in [0.2, 0.25) is 0 Å². The van der Waals surface area contributed by atoms with Gasteiger partial charge in [-0.25, -0.2) is 0 Å². The van der Waals surface area contributed by atoms with Crippen LogP contribution < -0.4 is 5.32 Å². The Kier molecular flexibility index (Phi) is 9.91. The molecule has 0 radical (unpaired) electrons. The highest BCUT2D eigenvalue weighted by atomic mass is 35.6. The summed E-state index contributed by atoms with van der Waals surface area (Å²) in [5.74, 6) is -0.0916. The minimum atomic E-state index is -1.55. The van der Waals surface area contributed by atoms with Gasteiger partial charge in [0.1, 0.15) is 0 Å². The van der Waals surface area contributed by atoms with Gasteiger partial charge in [0.25, 0.3) is 0 Å². The highest BCUT2D eigenvalue weighted by molar-refractivity contribution is 6.66. The van der Waals surface area contributed by atoms with E-state index in [-0.39, 0.29) is 17.2 Å². The Bertz CT molecular complexity index is 1130. The minimum Gasteiger partial charge on any atom is -0.326 e. The zero-order valence-corrected chi connectivity index (χ0v) is 23.8. The summed E-state index contributed by atoms with van der Waals surface area (Å²) in [4.78, 5) is 13.5. The highest BCUT2D eigenvalue weighted by Crippen LogP contribution is 2.43. The number of hydrogen-bond acceptors (Lipinski definition) is 2. The molecule has 1 N–H and O–H groups in total. The molecule has 1 amide bonds. The second-order valence-corrected chi connectivity index (χ2v) is 12.6. The van der Waals surface area contributed by atoms with E-state index in [0.29, 0.717) is 18.5 Å². The van der Waals surface area contributed by atoms with Crippen molar-refractivity contribution in [1.82, 2.24) is 9.78 Å². The van der Waals surface area contributed by atoms with Crippen molar-refractivity contribution in [3.05, 3.63) is 83.2 Å². The molecule has 0 bridgehead atoms. The lowest BCUT2D eigenvalue weighted by Crippen LogP contribution is -2.21. The van der Waals surface area contributed by atoms with Crippen LogP contribution in [0.5, 0.6) is 0 Å². The number of carbonyl (C=O) groups is 1. The molecule has 0 aliphatic heterocycles. The molecule has 0 saturated heterocycles. The van der Waals surface area contributed by atoms with Crippen molar-refractivity contribution in [1.29, 1.82) is 0 Å². The normalized spacial score (nSPS) is 13.0. The monoisotopic (exact) mass is 547 g/mol. The first-order chi connectivity index (χ1) is 17.0. The number of nitrogens with one attached hydrogen (secondary N) is 1. The van der Waals surface area contributed by atoms with Gasteiger partial charge in [-0.05, 0) is 46.6 Å². The van der Waals surface area contributed by atoms with Crippen LogP contribution in [-0.2, 0) is 20.5 Å². The van der Waals surface area contributed by atoms with Gasteiger partial charge in [-0.1, -0.05) is 118 Å². The number of alkyl halides is 3. The molecule has 1 heterocycles. The Morgan fingerprint density at radius 2 is 1.78 bits per heavy atom. The maximum atomic E-state index is 13.5. The molecule has 36 heavy (non-hydrogen) atoms. The van der Waals surface area contributed by atoms with Crippen LogP contribution in [-0.4, -0.2) is 15.7 Å². The molecule has 4 nitrogen and oxygen atoms in total. The molecule has 0 fully saturated rings. The molecule has 3 aromatic rings. The number of hydrogen-bond donors (Lipinski definition) is 1. The van der Waals surface area contributed by atoms with Gasteiger partial charge in [0, 0.05) is 30.1 Å². The van der Waals surface area contributed by atoms with E-state index in [1.54, 1.807) is 6.20 Å². The Balaban J connectivity index is 1.88. The molecule has 1 aromatic heterocycles. The van der Waals surface area contributed by atoms with Crippen molar-refractivity contribution in [2.45, 2.75) is 81.5 Å². The average molecular weight is 549 g/mol. The summed E-state index contributed by atoms with van der Waals surface area (Å²) in [5, 5.41) is 7.53. The Morgan fingerprint density at radius 3 is 2.42 bits per heavy atom. The summed E-state index contributed by atoms with van der Waals surface area (Å²) >= 11 is 18.9. The molecule has 2 aromatic carbocycles. The number of rotatable bonds is 10. The fourth-order valence-corrected chi connectivity index (χ4v) is 5.09. The fraction of sp³-hybridized carbons (Fsp3) is 0.448. The molecular weight excluding hydrogens is 513 g/mol. The number of aromatic nitrogens is 2. The average Bonchev–Trinajstić information content (AvgIpc) is 3.30. The Hall–Kier alpha value is -2.01. The van der Waals surface area contributed by atoms with Gasteiger partial charge >= 0.3 is 0 Å². The lowest BCUT2D eigenvalue weighted by Gasteiger charge is -2.26. The van der Waals surface area contributed by atoms with Crippen molar-refractivity contribution in [3.8, 4) is 0 Å². The van der Waals surface area contributed by atoms with Gasteiger partial charge in [0.15, 0.2) is 0 Å². The molecule has 194 valence electrons. The third-order valence-electron chi connectivity index (χ3n) is 6.36. The fourth-order valence-electron chi connectivity index (χ4n) is 4.57. The molecule has 7 heteroatoms. The third kappa shape index (κ3) is 7.99. The predicted octanol–water partition coefficient (Wildman–Crippen LogP) is 8.75. The van der Waals surface area contributed by atoms with E-state index in [1.807, 2.05) is 41.2 Å². The summed E-state index contributed by atoms with van der Waals surface area (Å²) < 4.78 is 0.325. The number of benzene rings is 2. The van der Waals surface area contributed by atoms with E-state index < -0.39 is 3.79 Å². The quantitative estimate of drug-likeness (QED) is 0.203. The van der Waals surface area contributed by atoms with Gasteiger partial charge in [-0.15, -0.1) is 0 Å². The summed E-state index contributed by atoms with van der Waals surface area (Å²) in [7, 11) is 0. The van der Waals surface area contributed by atoms with Crippen LogP contribution in [0.3, 0.4) is 0 Å². The number of amides is 1. The van der Waals surface area contributed by atoms with E-state index in [9.17, 15) is 4.79 Å². The Morgan fingerprint density at radius 1 is 1.03 bits per heavy atom. The largest absolute Gasteiger partial charge is 0.326 e. The highest BCUT2D eigenvalue weighted by Gasteiger charge is 2.30. The van der Waals surface area contributed by atoms with Crippen LogP contribution in [0.15, 0.2) is 60.9 Å². The summed E-state index contributed by atoms with van der Waals surface area (Å²) in [5.41, 5.74) is 4.43. The second-order valence-electron chi connectivity index (χ2n) is 10.4. The van der Waals surface area contributed by atoms with Gasteiger partial charge in [0.05, 0.1) is 6.54 Å². The molecule has 1 unspecified atom stereocenters. The zero-order valence-electron chi connectivity index (χ0n) is 21.5. The van der Waals surface area contributed by atoms with Crippen molar-refractivity contribution in [2.75, 3.05) is 5.32 Å². The second kappa shape index (κ2) is 12.5. The molecule has 0 aliphatic rings. The molecule has 0 aliphatic carbocycles. The SMILES string of the molecule is CCCCCC(CC(=O)Nc1cc(Cn2cccn2)ccc1C(C)(C)C)c1ccccc1C(Cl)(Cl)Cl. The lowest BCUT2D eigenvalue weighted by molar-refractivity contribution is -0.116. The number of halogens is 3. The number of unbranched alkanes of at least 4 members (excludes halogenated alkanes) is 2. The van der Waals surface area contributed by atoms with Gasteiger partial charge in [-0.2, -0.15) is 5.10 Å². The summed E-state index contributed by atoms with van der Waals surface area (Å²) in [6.07, 6.45) is 8.06. The van der Waals surface area contributed by atoms with Gasteiger partial charge in [0.2, 0.25) is 9.70 Å². The van der Waals surface area contributed by atoms with Crippen molar-refractivity contribution in [3.63, 3.8) is 0 Å². The Labute approximate surface area is 230 Å². The molecule has 3 rings (SSSR count). The minimum absolute atomic E-state index is 0.0441. The zero-order chi connectivity index (χ0) is 26.3. The molecule has 0 spiro atoms. The van der Waals surface area contributed by atoms with Gasteiger partial charge < -0.3 is 5.32 Å². The van der Waals surface area contributed by atoms with E-state index >= 15 is 0 Å². The van der Waals surface area contributed by atoms with Crippen LogP contribution in [0.25, 0.3) is 0 Å². The van der Waals surface area contributed by atoms with E-state index in [2.05, 4.69) is 56.3 Å². The lowest BCUT2D eigenvalue weighted by atomic mass is 9.84. The van der Waals surface area contributed by atoms with Crippen LogP contribution in [0, 0.1) is 0 Å². The third-order valence-corrected chi connectivity index (χ3v) is 6.97. The summed E-state index contributed by atoms with van der Waals surface area (Å²) in [6.45, 7) is 9.25. The van der Waals surface area contributed by atoms with Gasteiger partial charge in [-0.3, -0.25) is 9.48 Å². The first kappa shape index (κ1) is 28.6. The van der Waals surface area contributed by atoms with E-state index in [1.165, 1.54) is 0 Å². The van der Waals surface area contributed by atoms with Crippen LogP contribution in [0.1, 0.15) is 88.0 Å². The van der Waals surface area contributed by atoms with Crippen LogP contribution in [0.4, 0.5) is 5.69 Å². The first-order valence-corrected chi connectivity index (χ1v) is 13.7. The van der Waals surface area contributed by atoms with Crippen molar-refractivity contribution >= 4 is 46.4 Å². The molecule has 1 atom stereocenters. The predicted molar refractivity (Wildman–Crippen MR) is 152 cm³/mol. The topological polar surface area (TPSA) is 46.9 Å². The van der Waals surface area contributed by atoms with E-state index in [0.717, 1.165) is 48.1 Å². The smallest absolute Gasteiger partial charge is 0.224 e. The molecule has 0 saturated carbocycles. The van der Waals surface area contributed by atoms with E-state index in [4.69, 9.17) is 34.8 Å². The maximum absolute atomic E-state index is 13.5. The number of anilines is 1.